The number of hydrogen-bond acceptors (Lipinski definition) is 4. The van der Waals surface area contributed by atoms with E-state index in [4.69, 9.17) is 9.47 Å². The maximum Gasteiger partial charge on any atom is 0.227 e. The normalized spacial score (nSPS) is 16.9. The maximum atomic E-state index is 15.6. The molecule has 8 heteroatoms. The fourth-order valence-electron chi connectivity index (χ4n) is 4.02. The van der Waals surface area contributed by atoms with E-state index in [0.717, 1.165) is 24.4 Å². The van der Waals surface area contributed by atoms with Crippen LogP contribution in [0.15, 0.2) is 18.3 Å². The molecule has 1 aromatic heterocycles. The van der Waals surface area contributed by atoms with Gasteiger partial charge in [-0.2, -0.15) is 5.10 Å². The lowest BCUT2D eigenvalue weighted by Crippen LogP contribution is -2.31. The molecule has 4 rings (SSSR count). The molecule has 174 valence electrons. The van der Waals surface area contributed by atoms with Crippen molar-refractivity contribution in [3.63, 3.8) is 0 Å². The van der Waals surface area contributed by atoms with Crippen molar-refractivity contribution in [3.8, 4) is 11.3 Å². The number of nitrogens with zero attached hydrogens (tertiary/aromatic N) is 3. The van der Waals surface area contributed by atoms with Gasteiger partial charge in [0.15, 0.2) is 0 Å². The van der Waals surface area contributed by atoms with Gasteiger partial charge in [0.2, 0.25) is 5.91 Å². The van der Waals surface area contributed by atoms with Crippen LogP contribution in [-0.2, 0) is 34.0 Å². The molecule has 1 amide bonds. The molecule has 0 spiro atoms. The van der Waals surface area contributed by atoms with Gasteiger partial charge in [-0.1, -0.05) is 19.6 Å². The summed E-state index contributed by atoms with van der Waals surface area (Å²) in [6.45, 7) is 8.41. The molecule has 2 aromatic rings. The molecule has 1 aliphatic heterocycles. The van der Waals surface area contributed by atoms with Gasteiger partial charge in [-0.25, -0.2) is 9.07 Å². The number of carbonyl (C=O) groups is 1. The third kappa shape index (κ3) is 5.13. The van der Waals surface area contributed by atoms with Crippen LogP contribution in [0, 0.1) is 5.82 Å². The van der Waals surface area contributed by atoms with Crippen LogP contribution >= 0.6 is 0 Å². The molecule has 0 unspecified atom stereocenters. The summed E-state index contributed by atoms with van der Waals surface area (Å²) in [5.74, 6) is -0.282. The molecular weight excluding hydrogens is 425 g/mol. The van der Waals surface area contributed by atoms with E-state index in [-0.39, 0.29) is 17.8 Å². The number of benzene rings is 1. The van der Waals surface area contributed by atoms with Crippen LogP contribution < -0.4 is 4.90 Å². The molecule has 0 N–H and O–H groups in total. The summed E-state index contributed by atoms with van der Waals surface area (Å²) >= 11 is 0. The van der Waals surface area contributed by atoms with Crippen LogP contribution in [0.4, 0.5) is 10.1 Å². The highest BCUT2D eigenvalue weighted by Gasteiger charge is 2.27. The van der Waals surface area contributed by atoms with Crippen LogP contribution in [0.1, 0.15) is 36.8 Å². The van der Waals surface area contributed by atoms with E-state index in [2.05, 4.69) is 24.7 Å². The highest BCUT2D eigenvalue weighted by molar-refractivity contribution is 6.76. The Morgan fingerprint density at radius 1 is 1.22 bits per heavy atom. The predicted octanol–water partition coefficient (Wildman–Crippen LogP) is 4.98. The lowest BCUT2D eigenvalue weighted by Gasteiger charge is -2.27. The summed E-state index contributed by atoms with van der Waals surface area (Å²) in [5.41, 5.74) is 3.14. The molecule has 0 radical (unpaired) electrons. The number of carbonyl (C=O) groups excluding carboxylic acids is 1. The molecule has 0 saturated heterocycles. The summed E-state index contributed by atoms with van der Waals surface area (Å²) in [7, 11) is 0.537. The number of anilines is 1. The SMILES string of the molecule is CN1C(=O)CCc2c1ccc(-c1nn(COCC[Si](C)(C)C)cc1COC1CCC1)c2F. The zero-order valence-electron chi connectivity index (χ0n) is 19.6. The molecule has 2 heterocycles. The van der Waals surface area contributed by atoms with E-state index in [1.165, 1.54) is 11.3 Å². The Labute approximate surface area is 190 Å². The number of hydrogen-bond donors (Lipinski definition) is 0. The molecule has 0 atom stereocenters. The van der Waals surface area contributed by atoms with Crippen LogP contribution in [0.2, 0.25) is 25.7 Å². The van der Waals surface area contributed by atoms with E-state index < -0.39 is 8.07 Å². The van der Waals surface area contributed by atoms with Gasteiger partial charge in [0, 0.05) is 56.7 Å². The molecule has 2 aliphatic rings. The van der Waals surface area contributed by atoms with E-state index in [0.29, 0.717) is 55.3 Å². The van der Waals surface area contributed by atoms with Crippen LogP contribution in [0.25, 0.3) is 11.3 Å². The van der Waals surface area contributed by atoms with Gasteiger partial charge in [-0.15, -0.1) is 0 Å². The van der Waals surface area contributed by atoms with Crippen LogP contribution in [0.5, 0.6) is 0 Å². The molecule has 0 bridgehead atoms. The van der Waals surface area contributed by atoms with Crippen molar-refractivity contribution in [2.45, 2.75) is 77.2 Å². The second-order valence-electron chi connectivity index (χ2n) is 10.1. The first-order valence-corrected chi connectivity index (χ1v) is 15.3. The largest absolute Gasteiger partial charge is 0.373 e. The Kier molecular flexibility index (Phi) is 6.83. The number of amides is 1. The highest BCUT2D eigenvalue weighted by atomic mass is 28.3. The van der Waals surface area contributed by atoms with Crippen molar-refractivity contribution in [2.75, 3.05) is 18.6 Å². The number of rotatable bonds is 9. The second kappa shape index (κ2) is 9.45. The van der Waals surface area contributed by atoms with Crippen molar-refractivity contribution in [1.29, 1.82) is 0 Å². The van der Waals surface area contributed by atoms with E-state index >= 15 is 4.39 Å². The fraction of sp³-hybridized carbons (Fsp3) is 0.583. The van der Waals surface area contributed by atoms with Crippen LogP contribution in [-0.4, -0.2) is 43.5 Å². The lowest BCUT2D eigenvalue weighted by molar-refractivity contribution is -0.118. The molecule has 1 aliphatic carbocycles. The summed E-state index contributed by atoms with van der Waals surface area (Å²) in [6, 6.07) is 4.64. The number of aromatic nitrogens is 2. The number of ether oxygens (including phenoxy) is 2. The van der Waals surface area contributed by atoms with Gasteiger partial charge in [-0.05, 0) is 43.9 Å². The third-order valence-corrected chi connectivity index (χ3v) is 8.09. The van der Waals surface area contributed by atoms with Crippen molar-refractivity contribution in [3.05, 3.63) is 35.3 Å². The minimum Gasteiger partial charge on any atom is -0.373 e. The number of halogens is 1. The standard InChI is InChI=1S/C24H34FN3O3Si/c1-27-21-10-8-20(23(25)19(21)9-11-22(27)29)24-17(15-31-18-6-5-7-18)14-28(26-24)16-30-12-13-32(2,3)4/h8,10,14,18H,5-7,9,11-13,15-16H2,1-4H3. The van der Waals surface area contributed by atoms with Crippen molar-refractivity contribution in [2.24, 2.45) is 0 Å². The third-order valence-electron chi connectivity index (χ3n) is 6.38. The van der Waals surface area contributed by atoms with E-state index in [9.17, 15) is 4.79 Å². The molecule has 1 fully saturated rings. The Hall–Kier alpha value is -2.03. The summed E-state index contributed by atoms with van der Waals surface area (Å²) in [6.07, 6.45) is 6.29. The number of fused-ring (bicyclic) bond motifs is 1. The minimum atomic E-state index is -1.16. The molecule has 1 saturated carbocycles. The predicted molar refractivity (Wildman–Crippen MR) is 126 cm³/mol. The lowest BCUT2D eigenvalue weighted by atomic mass is 9.95. The Bertz CT molecular complexity index is 982. The Morgan fingerprint density at radius 2 is 2.00 bits per heavy atom. The fourth-order valence-corrected chi connectivity index (χ4v) is 4.78. The molecule has 6 nitrogen and oxygen atoms in total. The maximum absolute atomic E-state index is 15.6. The average molecular weight is 460 g/mol. The average Bonchev–Trinajstić information content (AvgIpc) is 3.09. The van der Waals surface area contributed by atoms with Gasteiger partial charge in [-0.3, -0.25) is 4.79 Å². The van der Waals surface area contributed by atoms with Crippen molar-refractivity contribution < 1.29 is 18.7 Å². The highest BCUT2D eigenvalue weighted by Crippen LogP contribution is 2.36. The van der Waals surface area contributed by atoms with Gasteiger partial charge in [0.1, 0.15) is 18.2 Å². The Morgan fingerprint density at radius 3 is 2.69 bits per heavy atom. The molecular formula is C24H34FN3O3Si. The molecule has 32 heavy (non-hydrogen) atoms. The minimum absolute atomic E-state index is 0.0129. The first-order valence-electron chi connectivity index (χ1n) is 11.6. The van der Waals surface area contributed by atoms with Gasteiger partial charge in [0.25, 0.3) is 0 Å². The van der Waals surface area contributed by atoms with Gasteiger partial charge in [0.05, 0.1) is 12.7 Å². The second-order valence-corrected chi connectivity index (χ2v) is 15.8. The van der Waals surface area contributed by atoms with E-state index in [1.54, 1.807) is 17.8 Å². The monoisotopic (exact) mass is 459 g/mol. The topological polar surface area (TPSA) is 56.6 Å². The quantitative estimate of drug-likeness (QED) is 0.392. The Balaban J connectivity index is 1.58. The first kappa shape index (κ1) is 23.1. The first-order chi connectivity index (χ1) is 15.2. The van der Waals surface area contributed by atoms with Crippen molar-refractivity contribution >= 4 is 19.7 Å². The zero-order valence-corrected chi connectivity index (χ0v) is 20.6. The van der Waals surface area contributed by atoms with Crippen molar-refractivity contribution in [1.82, 2.24) is 9.78 Å². The summed E-state index contributed by atoms with van der Waals surface area (Å²) < 4.78 is 29.2. The van der Waals surface area contributed by atoms with E-state index in [1.807, 2.05) is 12.3 Å². The van der Waals surface area contributed by atoms with Gasteiger partial charge >= 0.3 is 0 Å². The van der Waals surface area contributed by atoms with Gasteiger partial charge < -0.3 is 14.4 Å². The van der Waals surface area contributed by atoms with Crippen LogP contribution in [0.3, 0.4) is 0 Å². The summed E-state index contributed by atoms with van der Waals surface area (Å²) in [5, 5.41) is 4.68. The molecule has 1 aromatic carbocycles. The smallest absolute Gasteiger partial charge is 0.227 e. The zero-order chi connectivity index (χ0) is 22.9. The summed E-state index contributed by atoms with van der Waals surface area (Å²) in [4.78, 5) is 13.5.